The lowest BCUT2D eigenvalue weighted by molar-refractivity contribution is -0.133. The molecule has 0 fully saturated rings. The lowest BCUT2D eigenvalue weighted by Crippen LogP contribution is -2.45. The molecule has 0 aliphatic heterocycles. The molecular weight excluding hydrogens is 350 g/mol. The van der Waals surface area contributed by atoms with E-state index in [-0.39, 0.29) is 23.2 Å². The van der Waals surface area contributed by atoms with E-state index in [4.69, 9.17) is 9.15 Å². The SMILES string of the molecule is COc1ccc(Cc2nnc(SC(C)C(=O)N(C(C)C)C(C)C)o2)cc1. The Morgan fingerprint density at radius 1 is 1.12 bits per heavy atom. The zero-order valence-corrected chi connectivity index (χ0v) is 17.0. The van der Waals surface area contributed by atoms with Gasteiger partial charge in [0.2, 0.25) is 11.8 Å². The van der Waals surface area contributed by atoms with Gasteiger partial charge in [0, 0.05) is 12.1 Å². The van der Waals surface area contributed by atoms with Crippen molar-refractivity contribution in [2.75, 3.05) is 7.11 Å². The Balaban J connectivity index is 1.99. The monoisotopic (exact) mass is 377 g/mol. The summed E-state index contributed by atoms with van der Waals surface area (Å²) in [6, 6.07) is 8.03. The van der Waals surface area contributed by atoms with E-state index in [0.717, 1.165) is 11.3 Å². The molecule has 2 aromatic rings. The third-order valence-electron chi connectivity index (χ3n) is 3.96. The number of carbonyl (C=O) groups is 1. The number of rotatable bonds is 8. The first kappa shape index (κ1) is 20.3. The maximum Gasteiger partial charge on any atom is 0.277 e. The van der Waals surface area contributed by atoms with Crippen molar-refractivity contribution < 1.29 is 13.9 Å². The highest BCUT2D eigenvalue weighted by Crippen LogP contribution is 2.25. The summed E-state index contributed by atoms with van der Waals surface area (Å²) in [7, 11) is 1.64. The minimum Gasteiger partial charge on any atom is -0.497 e. The Labute approximate surface area is 159 Å². The zero-order valence-electron chi connectivity index (χ0n) is 16.2. The van der Waals surface area contributed by atoms with E-state index in [1.165, 1.54) is 11.8 Å². The minimum absolute atomic E-state index is 0.0786. The molecule has 0 radical (unpaired) electrons. The molecule has 7 heteroatoms. The molecule has 1 amide bonds. The first-order valence-corrected chi connectivity index (χ1v) is 9.64. The van der Waals surface area contributed by atoms with E-state index < -0.39 is 0 Å². The Hall–Kier alpha value is -2.02. The number of hydrogen-bond acceptors (Lipinski definition) is 6. The number of aromatic nitrogens is 2. The van der Waals surface area contributed by atoms with Crippen molar-refractivity contribution >= 4 is 17.7 Å². The number of carbonyl (C=O) groups excluding carboxylic acids is 1. The van der Waals surface area contributed by atoms with Crippen LogP contribution in [0.3, 0.4) is 0 Å². The number of methoxy groups -OCH3 is 1. The summed E-state index contributed by atoms with van der Waals surface area (Å²) >= 11 is 1.30. The van der Waals surface area contributed by atoms with Crippen LogP contribution in [0, 0.1) is 0 Å². The summed E-state index contributed by atoms with van der Waals surface area (Å²) < 4.78 is 10.9. The summed E-state index contributed by atoms with van der Waals surface area (Å²) in [5.74, 6) is 1.42. The number of benzene rings is 1. The van der Waals surface area contributed by atoms with Gasteiger partial charge in [0.1, 0.15) is 5.75 Å². The third kappa shape index (κ3) is 5.24. The van der Waals surface area contributed by atoms with Crippen molar-refractivity contribution in [1.29, 1.82) is 0 Å². The van der Waals surface area contributed by atoms with Crippen LogP contribution in [0.15, 0.2) is 33.9 Å². The van der Waals surface area contributed by atoms with Crippen LogP contribution in [0.5, 0.6) is 5.75 Å². The Bertz CT molecular complexity index is 705. The van der Waals surface area contributed by atoms with Gasteiger partial charge in [-0.25, -0.2) is 0 Å². The van der Waals surface area contributed by atoms with E-state index >= 15 is 0 Å². The van der Waals surface area contributed by atoms with E-state index in [0.29, 0.717) is 17.5 Å². The maximum absolute atomic E-state index is 12.7. The predicted octanol–water partition coefficient (Wildman–Crippen LogP) is 3.80. The van der Waals surface area contributed by atoms with Crippen molar-refractivity contribution in [3.05, 3.63) is 35.7 Å². The summed E-state index contributed by atoms with van der Waals surface area (Å²) in [6.45, 7) is 9.96. The standard InChI is InChI=1S/C19H27N3O3S/c1-12(2)22(13(3)4)18(23)14(5)26-19-21-20-17(25-19)11-15-7-9-16(24-6)10-8-15/h7-10,12-14H,11H2,1-6H3. The highest BCUT2D eigenvalue weighted by atomic mass is 32.2. The second-order valence-electron chi connectivity index (χ2n) is 6.68. The van der Waals surface area contributed by atoms with Gasteiger partial charge in [-0.15, -0.1) is 10.2 Å². The van der Waals surface area contributed by atoms with Gasteiger partial charge in [-0.3, -0.25) is 4.79 Å². The predicted molar refractivity (Wildman–Crippen MR) is 103 cm³/mol. The average Bonchev–Trinajstić information content (AvgIpc) is 3.01. The van der Waals surface area contributed by atoms with Crippen molar-refractivity contribution in [2.24, 2.45) is 0 Å². The molecule has 0 aliphatic rings. The van der Waals surface area contributed by atoms with Crippen LogP contribution in [-0.2, 0) is 11.2 Å². The summed E-state index contributed by atoms with van der Waals surface area (Å²) in [5, 5.41) is 8.29. The minimum atomic E-state index is -0.283. The molecule has 1 heterocycles. The Kier molecular flexibility index (Phi) is 7.08. The molecule has 0 aliphatic carbocycles. The maximum atomic E-state index is 12.7. The van der Waals surface area contributed by atoms with Gasteiger partial charge in [0.15, 0.2) is 0 Å². The molecule has 142 valence electrons. The van der Waals surface area contributed by atoms with Gasteiger partial charge in [-0.1, -0.05) is 23.9 Å². The lowest BCUT2D eigenvalue weighted by atomic mass is 10.1. The second-order valence-corrected chi connectivity index (χ2v) is 7.97. The van der Waals surface area contributed by atoms with Crippen LogP contribution in [-0.4, -0.2) is 45.4 Å². The molecular formula is C19H27N3O3S. The molecule has 1 unspecified atom stereocenters. The average molecular weight is 378 g/mol. The number of nitrogens with zero attached hydrogens (tertiary/aromatic N) is 3. The lowest BCUT2D eigenvalue weighted by Gasteiger charge is -2.32. The third-order valence-corrected chi connectivity index (χ3v) is 4.88. The van der Waals surface area contributed by atoms with Gasteiger partial charge in [0.05, 0.1) is 18.8 Å². The Morgan fingerprint density at radius 3 is 2.27 bits per heavy atom. The van der Waals surface area contributed by atoms with Gasteiger partial charge < -0.3 is 14.1 Å². The molecule has 0 bridgehead atoms. The number of thioether (sulfide) groups is 1. The van der Waals surface area contributed by atoms with E-state index in [2.05, 4.69) is 10.2 Å². The molecule has 26 heavy (non-hydrogen) atoms. The van der Waals surface area contributed by atoms with Crippen LogP contribution in [0.1, 0.15) is 46.1 Å². The van der Waals surface area contributed by atoms with Crippen LogP contribution < -0.4 is 4.74 Å². The topological polar surface area (TPSA) is 68.5 Å². The summed E-state index contributed by atoms with van der Waals surface area (Å²) in [5.41, 5.74) is 1.06. The zero-order chi connectivity index (χ0) is 19.3. The van der Waals surface area contributed by atoms with Crippen LogP contribution >= 0.6 is 11.8 Å². The smallest absolute Gasteiger partial charge is 0.277 e. The summed E-state index contributed by atoms with van der Waals surface area (Å²) in [6.07, 6.45) is 0.546. The van der Waals surface area contributed by atoms with Crippen LogP contribution in [0.4, 0.5) is 0 Å². The molecule has 0 spiro atoms. The number of amides is 1. The molecule has 0 saturated heterocycles. The van der Waals surface area contributed by atoms with Gasteiger partial charge >= 0.3 is 0 Å². The van der Waals surface area contributed by atoms with Crippen molar-refractivity contribution in [2.45, 2.75) is 63.6 Å². The van der Waals surface area contributed by atoms with E-state index in [1.807, 2.05) is 63.8 Å². The fraction of sp³-hybridized carbons (Fsp3) is 0.526. The van der Waals surface area contributed by atoms with Crippen molar-refractivity contribution in [1.82, 2.24) is 15.1 Å². The molecule has 6 nitrogen and oxygen atoms in total. The Morgan fingerprint density at radius 2 is 1.73 bits per heavy atom. The van der Waals surface area contributed by atoms with E-state index in [1.54, 1.807) is 7.11 Å². The van der Waals surface area contributed by atoms with Crippen molar-refractivity contribution in [3.8, 4) is 5.75 Å². The van der Waals surface area contributed by atoms with Gasteiger partial charge in [-0.2, -0.15) is 0 Å². The van der Waals surface area contributed by atoms with Gasteiger partial charge in [0.25, 0.3) is 5.22 Å². The molecule has 1 aromatic heterocycles. The van der Waals surface area contributed by atoms with Gasteiger partial charge in [-0.05, 0) is 52.3 Å². The van der Waals surface area contributed by atoms with Crippen LogP contribution in [0.2, 0.25) is 0 Å². The van der Waals surface area contributed by atoms with Crippen LogP contribution in [0.25, 0.3) is 0 Å². The first-order chi connectivity index (χ1) is 12.3. The fourth-order valence-corrected chi connectivity index (χ4v) is 3.55. The molecule has 2 rings (SSSR count). The van der Waals surface area contributed by atoms with E-state index in [9.17, 15) is 4.79 Å². The fourth-order valence-electron chi connectivity index (χ4n) is 2.79. The number of ether oxygens (including phenoxy) is 1. The molecule has 0 saturated carbocycles. The first-order valence-electron chi connectivity index (χ1n) is 8.76. The molecule has 1 atom stereocenters. The highest BCUT2D eigenvalue weighted by molar-refractivity contribution is 8.00. The van der Waals surface area contributed by atoms with Crippen molar-refractivity contribution in [3.63, 3.8) is 0 Å². The highest BCUT2D eigenvalue weighted by Gasteiger charge is 2.27. The quantitative estimate of drug-likeness (QED) is 0.652. The second kappa shape index (κ2) is 9.07. The summed E-state index contributed by atoms with van der Waals surface area (Å²) in [4.78, 5) is 14.6. The largest absolute Gasteiger partial charge is 0.497 e. The number of hydrogen-bond donors (Lipinski definition) is 0. The molecule has 1 aromatic carbocycles. The molecule has 0 N–H and O–H groups in total. The normalized spacial score (nSPS) is 12.5.